The smallest absolute Gasteiger partial charge is 0.404 e. The Hall–Kier alpha value is -0.380. The highest BCUT2D eigenvalue weighted by atomic mass is 32.1. The van der Waals surface area contributed by atoms with Gasteiger partial charge in [0, 0.05) is 11.8 Å². The van der Waals surface area contributed by atoms with Crippen molar-refractivity contribution in [2.45, 2.75) is 19.4 Å². The number of hydrogen-bond acceptors (Lipinski definition) is 2. The molecular weight excluding hydrogens is 138 g/mol. The molecule has 0 aliphatic carbocycles. The van der Waals surface area contributed by atoms with Gasteiger partial charge >= 0.3 is 6.09 Å². The van der Waals surface area contributed by atoms with Crippen LogP contribution in [0.3, 0.4) is 0 Å². The van der Waals surface area contributed by atoms with Crippen molar-refractivity contribution in [3.8, 4) is 0 Å². The van der Waals surface area contributed by atoms with E-state index in [1.54, 1.807) is 0 Å². The molecule has 0 aromatic heterocycles. The van der Waals surface area contributed by atoms with Gasteiger partial charge in [-0.05, 0) is 6.42 Å². The molecule has 2 N–H and O–H groups in total. The number of carboxylic acid groups (broad SMARTS) is 1. The first-order valence-corrected chi connectivity index (χ1v) is 3.44. The minimum atomic E-state index is -0.976. The van der Waals surface area contributed by atoms with Crippen LogP contribution in [0.5, 0.6) is 0 Å². The van der Waals surface area contributed by atoms with Crippen LogP contribution in [0.1, 0.15) is 13.3 Å². The number of carbonyl (C=O) groups is 1. The minimum absolute atomic E-state index is 0.00849. The van der Waals surface area contributed by atoms with Gasteiger partial charge in [-0.15, -0.1) is 0 Å². The highest BCUT2D eigenvalue weighted by molar-refractivity contribution is 7.80. The van der Waals surface area contributed by atoms with Gasteiger partial charge in [-0.1, -0.05) is 6.92 Å². The molecule has 3 nitrogen and oxygen atoms in total. The van der Waals surface area contributed by atoms with Crippen molar-refractivity contribution >= 4 is 18.7 Å². The maximum absolute atomic E-state index is 9.98. The number of rotatable bonds is 3. The molecule has 0 heterocycles. The van der Waals surface area contributed by atoms with Gasteiger partial charge in [-0.3, -0.25) is 0 Å². The van der Waals surface area contributed by atoms with Crippen molar-refractivity contribution in [2.24, 2.45) is 0 Å². The van der Waals surface area contributed by atoms with E-state index in [9.17, 15) is 4.79 Å². The normalized spacial score (nSPS) is 12.7. The molecule has 0 aromatic carbocycles. The average Bonchev–Trinajstić information content (AvgIpc) is 1.82. The second-order valence-electron chi connectivity index (χ2n) is 1.74. The molecule has 0 aromatic rings. The minimum Gasteiger partial charge on any atom is -0.465 e. The zero-order valence-corrected chi connectivity index (χ0v) is 6.19. The van der Waals surface area contributed by atoms with Gasteiger partial charge in [0.1, 0.15) is 0 Å². The molecule has 1 amide bonds. The molecular formula is C5H11NO2S. The predicted molar refractivity (Wildman–Crippen MR) is 39.1 cm³/mol. The van der Waals surface area contributed by atoms with Crippen molar-refractivity contribution in [3.63, 3.8) is 0 Å². The van der Waals surface area contributed by atoms with Crippen molar-refractivity contribution in [3.05, 3.63) is 0 Å². The van der Waals surface area contributed by atoms with Crippen molar-refractivity contribution in [1.29, 1.82) is 0 Å². The quantitative estimate of drug-likeness (QED) is 0.523. The highest BCUT2D eigenvalue weighted by Crippen LogP contribution is 1.92. The van der Waals surface area contributed by atoms with Crippen LogP contribution in [-0.4, -0.2) is 23.0 Å². The number of hydrogen-bond donors (Lipinski definition) is 3. The van der Waals surface area contributed by atoms with Crippen LogP contribution in [-0.2, 0) is 0 Å². The number of amides is 1. The molecule has 0 spiro atoms. The van der Waals surface area contributed by atoms with Crippen molar-refractivity contribution in [2.75, 3.05) is 5.75 Å². The maximum Gasteiger partial charge on any atom is 0.404 e. The molecule has 0 saturated carbocycles. The Morgan fingerprint density at radius 2 is 2.44 bits per heavy atom. The average molecular weight is 149 g/mol. The molecule has 1 unspecified atom stereocenters. The lowest BCUT2D eigenvalue weighted by molar-refractivity contribution is 0.190. The van der Waals surface area contributed by atoms with Crippen LogP contribution < -0.4 is 5.32 Å². The van der Waals surface area contributed by atoms with Gasteiger partial charge in [-0.25, -0.2) is 4.79 Å². The number of nitrogens with one attached hydrogen (secondary N) is 1. The first-order chi connectivity index (χ1) is 4.20. The highest BCUT2D eigenvalue weighted by Gasteiger charge is 2.04. The number of thiol groups is 1. The Morgan fingerprint density at radius 1 is 1.89 bits per heavy atom. The molecule has 0 saturated heterocycles. The fourth-order valence-corrected chi connectivity index (χ4v) is 0.801. The first kappa shape index (κ1) is 8.62. The van der Waals surface area contributed by atoms with E-state index in [0.717, 1.165) is 6.42 Å². The third-order valence-corrected chi connectivity index (χ3v) is 1.48. The summed E-state index contributed by atoms with van der Waals surface area (Å²) in [5, 5.41) is 10.5. The predicted octanol–water partition coefficient (Wildman–Crippen LogP) is 0.962. The zero-order chi connectivity index (χ0) is 7.28. The largest absolute Gasteiger partial charge is 0.465 e. The Labute approximate surface area is 59.9 Å². The molecule has 0 rings (SSSR count). The molecule has 0 aliphatic heterocycles. The molecule has 54 valence electrons. The molecule has 4 heteroatoms. The lowest BCUT2D eigenvalue weighted by Gasteiger charge is -2.09. The topological polar surface area (TPSA) is 49.3 Å². The first-order valence-electron chi connectivity index (χ1n) is 2.81. The van der Waals surface area contributed by atoms with E-state index in [4.69, 9.17) is 5.11 Å². The lowest BCUT2D eigenvalue weighted by Crippen LogP contribution is -2.34. The van der Waals surface area contributed by atoms with Crippen LogP contribution in [0.4, 0.5) is 4.79 Å². The third kappa shape index (κ3) is 4.14. The molecule has 9 heavy (non-hydrogen) atoms. The van der Waals surface area contributed by atoms with E-state index >= 15 is 0 Å². The Balaban J connectivity index is 3.43. The summed E-state index contributed by atoms with van der Waals surface area (Å²) in [6, 6.07) is -0.00849. The lowest BCUT2D eigenvalue weighted by atomic mass is 10.3. The van der Waals surface area contributed by atoms with Crippen LogP contribution in [0.15, 0.2) is 0 Å². The molecule has 0 aliphatic rings. The van der Waals surface area contributed by atoms with E-state index in [0.29, 0.717) is 5.75 Å². The summed E-state index contributed by atoms with van der Waals surface area (Å²) in [4.78, 5) is 9.98. The van der Waals surface area contributed by atoms with Gasteiger partial charge in [0.25, 0.3) is 0 Å². The van der Waals surface area contributed by atoms with Gasteiger partial charge < -0.3 is 10.4 Å². The summed E-state index contributed by atoms with van der Waals surface area (Å²) in [6.07, 6.45) is -0.189. The van der Waals surface area contributed by atoms with Crippen LogP contribution in [0, 0.1) is 0 Å². The van der Waals surface area contributed by atoms with E-state index < -0.39 is 6.09 Å². The van der Waals surface area contributed by atoms with Crippen LogP contribution >= 0.6 is 12.6 Å². The molecule has 1 atom stereocenters. The third-order valence-electron chi connectivity index (χ3n) is 1.04. The van der Waals surface area contributed by atoms with E-state index in [1.165, 1.54) is 0 Å². The fraction of sp³-hybridized carbons (Fsp3) is 0.800. The SMILES string of the molecule is CCC(CS)NC(=O)O. The molecule has 0 bridgehead atoms. The summed E-state index contributed by atoms with van der Waals surface area (Å²) >= 11 is 3.94. The van der Waals surface area contributed by atoms with Gasteiger partial charge in [0.15, 0.2) is 0 Å². The van der Waals surface area contributed by atoms with E-state index in [1.807, 2.05) is 6.92 Å². The standard InChI is InChI=1S/C5H11NO2S/c1-2-4(3-9)6-5(7)8/h4,6,9H,2-3H2,1H3,(H,7,8). The summed E-state index contributed by atoms with van der Waals surface area (Å²) in [5.74, 6) is 0.558. The van der Waals surface area contributed by atoms with E-state index in [2.05, 4.69) is 17.9 Å². The van der Waals surface area contributed by atoms with Gasteiger partial charge in [0.05, 0.1) is 0 Å². The second-order valence-corrected chi connectivity index (χ2v) is 2.10. The Morgan fingerprint density at radius 3 is 2.56 bits per heavy atom. The second kappa shape index (κ2) is 4.49. The summed E-state index contributed by atoms with van der Waals surface area (Å²) < 4.78 is 0. The monoisotopic (exact) mass is 149 g/mol. The van der Waals surface area contributed by atoms with Crippen molar-refractivity contribution in [1.82, 2.24) is 5.32 Å². The zero-order valence-electron chi connectivity index (χ0n) is 5.29. The summed E-state index contributed by atoms with van der Waals surface area (Å²) in [5.41, 5.74) is 0. The van der Waals surface area contributed by atoms with E-state index in [-0.39, 0.29) is 6.04 Å². The fourth-order valence-electron chi connectivity index (χ4n) is 0.451. The Bertz CT molecular complexity index is 93.0. The molecule has 0 fully saturated rings. The molecule has 0 radical (unpaired) electrons. The summed E-state index contributed by atoms with van der Waals surface area (Å²) in [6.45, 7) is 1.91. The van der Waals surface area contributed by atoms with Crippen molar-refractivity contribution < 1.29 is 9.90 Å². The van der Waals surface area contributed by atoms with Gasteiger partial charge in [0.2, 0.25) is 0 Å². The summed E-state index contributed by atoms with van der Waals surface area (Å²) in [7, 11) is 0. The van der Waals surface area contributed by atoms with Gasteiger partial charge in [-0.2, -0.15) is 12.6 Å². The Kier molecular flexibility index (Phi) is 4.30. The van der Waals surface area contributed by atoms with Crippen LogP contribution in [0.25, 0.3) is 0 Å². The maximum atomic E-state index is 9.98. The van der Waals surface area contributed by atoms with Crippen LogP contribution in [0.2, 0.25) is 0 Å².